The molecule has 0 radical (unpaired) electrons. The smallest absolute Gasteiger partial charge is 0.495 e. The number of rotatable bonds is 5. The van der Waals surface area contributed by atoms with Gasteiger partial charge in [0.2, 0.25) is 0 Å². The molecule has 0 saturated carbocycles. The Hall–Kier alpha value is -4.08. The Morgan fingerprint density at radius 3 is 2.81 bits per heavy atom. The van der Waals surface area contributed by atoms with Crippen LogP contribution in [-0.4, -0.2) is 37.8 Å². The van der Waals surface area contributed by atoms with Crippen LogP contribution in [0.2, 0.25) is 0 Å². The van der Waals surface area contributed by atoms with Crippen LogP contribution in [0.25, 0.3) is 17.8 Å². The number of methoxy groups -OCH3 is 1. The molecule has 1 atom stereocenters. The second kappa shape index (κ2) is 9.76. The van der Waals surface area contributed by atoms with Crippen molar-refractivity contribution in [2.45, 2.75) is 44.5 Å². The fourth-order valence-corrected chi connectivity index (χ4v) is 4.73. The SMILES string of the molecule is COc1cc(/C=C/c2nc3n(n2)CCCC32/C=C/C=C(OC(F)(F)F)\C=C/C2)ccc1-n1cnc(C)c1. The van der Waals surface area contributed by atoms with Crippen LogP contribution in [0.1, 0.15) is 42.2 Å². The Bertz CT molecular complexity index is 1410. The highest BCUT2D eigenvalue weighted by Gasteiger charge is 2.37. The summed E-state index contributed by atoms with van der Waals surface area (Å²) in [6, 6.07) is 5.89. The van der Waals surface area contributed by atoms with Crippen molar-refractivity contribution in [2.75, 3.05) is 7.11 Å². The molecule has 1 aromatic carbocycles. The third-order valence-electron chi connectivity index (χ3n) is 6.42. The number of nitrogens with zero attached hydrogens (tertiary/aromatic N) is 5. The van der Waals surface area contributed by atoms with E-state index < -0.39 is 11.8 Å². The highest BCUT2D eigenvalue weighted by molar-refractivity contribution is 5.69. The number of alkyl halides is 3. The van der Waals surface area contributed by atoms with Crippen LogP contribution >= 0.6 is 0 Å². The van der Waals surface area contributed by atoms with Gasteiger partial charge in [-0.1, -0.05) is 30.4 Å². The van der Waals surface area contributed by atoms with Gasteiger partial charge in [0.05, 0.1) is 30.2 Å². The summed E-state index contributed by atoms with van der Waals surface area (Å²) in [6.07, 6.45) is 12.8. The van der Waals surface area contributed by atoms with Crippen molar-refractivity contribution in [1.29, 1.82) is 0 Å². The maximum absolute atomic E-state index is 12.6. The molecule has 3 heterocycles. The molecule has 0 N–H and O–H groups in total. The first-order chi connectivity index (χ1) is 17.7. The molecule has 0 bridgehead atoms. The van der Waals surface area contributed by atoms with Gasteiger partial charge in [0, 0.05) is 12.7 Å². The first-order valence-electron chi connectivity index (χ1n) is 11.9. The van der Waals surface area contributed by atoms with Gasteiger partial charge >= 0.3 is 6.36 Å². The normalized spacial score (nSPS) is 22.7. The first kappa shape index (κ1) is 24.6. The second-order valence-corrected chi connectivity index (χ2v) is 9.05. The van der Waals surface area contributed by atoms with Crippen molar-refractivity contribution in [3.8, 4) is 11.4 Å². The predicted octanol–water partition coefficient (Wildman–Crippen LogP) is 5.92. The van der Waals surface area contributed by atoms with Crippen LogP contribution in [-0.2, 0) is 16.7 Å². The summed E-state index contributed by atoms with van der Waals surface area (Å²) in [5.74, 6) is 1.84. The van der Waals surface area contributed by atoms with Gasteiger partial charge in [-0.15, -0.1) is 13.2 Å². The minimum atomic E-state index is -4.73. The van der Waals surface area contributed by atoms with Crippen molar-refractivity contribution >= 4 is 12.2 Å². The number of hydrogen-bond acceptors (Lipinski definition) is 5. The zero-order chi connectivity index (χ0) is 26.0. The molecule has 1 aliphatic carbocycles. The molecular weight excluding hydrogens is 483 g/mol. The van der Waals surface area contributed by atoms with Crippen LogP contribution in [0.5, 0.6) is 5.75 Å². The van der Waals surface area contributed by atoms with E-state index in [0.717, 1.165) is 42.2 Å². The summed E-state index contributed by atoms with van der Waals surface area (Å²) < 4.78 is 51.2. The summed E-state index contributed by atoms with van der Waals surface area (Å²) in [5, 5.41) is 4.67. The lowest BCUT2D eigenvalue weighted by atomic mass is 9.76. The third-order valence-corrected chi connectivity index (χ3v) is 6.42. The number of allylic oxidation sites excluding steroid dienone is 5. The molecule has 1 spiro atoms. The molecule has 1 unspecified atom stereocenters. The monoisotopic (exact) mass is 509 g/mol. The number of aryl methyl sites for hydroxylation is 2. The van der Waals surface area contributed by atoms with Crippen molar-refractivity contribution in [3.63, 3.8) is 0 Å². The average molecular weight is 510 g/mol. The standard InChI is InChI=1S/C27H26F3N5O2/c1-19-17-34(18-31-19)22-10-8-20(16-23(22)36-2)9-11-24-32-25-26(14-5-15-35(25)33-24)12-3-6-21(7-4-13-26)37-27(28,29)30/h3-4,6-12,16-18H,5,13-15H2,1-2H3/b7-4-,11-9+,12-3+,21-6+. The zero-order valence-electron chi connectivity index (χ0n) is 20.4. The average Bonchev–Trinajstić information content (AvgIpc) is 3.47. The van der Waals surface area contributed by atoms with E-state index in [9.17, 15) is 13.2 Å². The fraction of sp³-hybridized carbons (Fsp3) is 0.296. The van der Waals surface area contributed by atoms with Crippen molar-refractivity contribution in [2.24, 2.45) is 0 Å². The highest BCUT2D eigenvalue weighted by atomic mass is 19.4. The fourth-order valence-electron chi connectivity index (χ4n) is 4.73. The largest absolute Gasteiger partial charge is 0.573 e. The van der Waals surface area contributed by atoms with E-state index in [1.807, 2.05) is 58.8 Å². The number of aromatic nitrogens is 5. The van der Waals surface area contributed by atoms with Crippen molar-refractivity contribution in [3.05, 3.63) is 89.8 Å². The molecule has 5 rings (SSSR count). The molecule has 10 heteroatoms. The van der Waals surface area contributed by atoms with Crippen LogP contribution in [0.3, 0.4) is 0 Å². The Morgan fingerprint density at radius 2 is 2.05 bits per heavy atom. The minimum absolute atomic E-state index is 0.246. The lowest BCUT2D eigenvalue weighted by Gasteiger charge is -2.33. The van der Waals surface area contributed by atoms with Gasteiger partial charge in [-0.2, -0.15) is 5.10 Å². The lowest BCUT2D eigenvalue weighted by molar-refractivity contribution is -0.303. The van der Waals surface area contributed by atoms with E-state index in [-0.39, 0.29) is 5.76 Å². The Kier molecular flexibility index (Phi) is 6.49. The lowest BCUT2D eigenvalue weighted by Crippen LogP contribution is -2.32. The molecule has 0 fully saturated rings. The van der Waals surface area contributed by atoms with Crippen LogP contribution < -0.4 is 4.74 Å². The number of benzene rings is 1. The summed E-state index contributed by atoms with van der Waals surface area (Å²) in [6.45, 7) is 2.67. The van der Waals surface area contributed by atoms with Gasteiger partial charge < -0.3 is 14.0 Å². The number of imidazole rings is 1. The van der Waals surface area contributed by atoms with Gasteiger partial charge in [-0.05, 0) is 62.1 Å². The van der Waals surface area contributed by atoms with Crippen LogP contribution in [0.15, 0.2) is 66.9 Å². The Morgan fingerprint density at radius 1 is 1.19 bits per heavy atom. The van der Waals surface area contributed by atoms with Gasteiger partial charge in [0.1, 0.15) is 17.3 Å². The quantitative estimate of drug-likeness (QED) is 0.427. The first-order valence-corrected chi connectivity index (χ1v) is 11.9. The van der Waals surface area contributed by atoms with Crippen LogP contribution in [0.4, 0.5) is 13.2 Å². The molecule has 3 aromatic rings. The molecule has 0 saturated heterocycles. The highest BCUT2D eigenvalue weighted by Crippen LogP contribution is 2.39. The topological polar surface area (TPSA) is 67.0 Å². The number of fused-ring (bicyclic) bond motifs is 2. The van der Waals surface area contributed by atoms with E-state index in [2.05, 4.69) is 14.8 Å². The van der Waals surface area contributed by atoms with E-state index in [4.69, 9.17) is 9.72 Å². The maximum Gasteiger partial charge on any atom is 0.573 e. The summed E-state index contributed by atoms with van der Waals surface area (Å²) in [7, 11) is 1.63. The van der Waals surface area contributed by atoms with Gasteiger partial charge in [-0.3, -0.25) is 0 Å². The number of hydrogen-bond donors (Lipinski definition) is 0. The molecule has 0 amide bonds. The molecule has 37 heavy (non-hydrogen) atoms. The Labute approximate surface area is 212 Å². The summed E-state index contributed by atoms with van der Waals surface area (Å²) >= 11 is 0. The molecule has 2 aromatic heterocycles. The summed E-state index contributed by atoms with van der Waals surface area (Å²) in [5.41, 5.74) is 2.29. The van der Waals surface area contributed by atoms with Crippen molar-refractivity contribution < 1.29 is 22.6 Å². The van der Waals surface area contributed by atoms with E-state index >= 15 is 0 Å². The van der Waals surface area contributed by atoms with E-state index in [1.54, 1.807) is 25.6 Å². The van der Waals surface area contributed by atoms with Gasteiger partial charge in [0.15, 0.2) is 5.82 Å². The number of halogens is 3. The molecular formula is C27H26F3N5O2. The molecule has 7 nitrogen and oxygen atoms in total. The Balaban J connectivity index is 1.39. The van der Waals surface area contributed by atoms with Crippen molar-refractivity contribution in [1.82, 2.24) is 24.3 Å². The van der Waals surface area contributed by atoms with E-state index in [1.165, 1.54) is 12.2 Å². The number of ether oxygens (including phenoxy) is 2. The molecule has 192 valence electrons. The zero-order valence-corrected chi connectivity index (χ0v) is 20.4. The summed E-state index contributed by atoms with van der Waals surface area (Å²) in [4.78, 5) is 9.08. The van der Waals surface area contributed by atoms with Gasteiger partial charge in [0.25, 0.3) is 0 Å². The molecule has 1 aliphatic heterocycles. The molecule has 2 aliphatic rings. The minimum Gasteiger partial charge on any atom is -0.495 e. The van der Waals surface area contributed by atoms with Crippen LogP contribution in [0, 0.1) is 6.92 Å². The second-order valence-electron chi connectivity index (χ2n) is 9.05. The van der Waals surface area contributed by atoms with E-state index in [0.29, 0.717) is 18.0 Å². The third kappa shape index (κ3) is 5.37. The van der Waals surface area contributed by atoms with Gasteiger partial charge in [-0.25, -0.2) is 14.6 Å². The maximum atomic E-state index is 12.6. The predicted molar refractivity (Wildman–Crippen MR) is 133 cm³/mol.